The molecular formula is C7H8ClN. The van der Waals surface area contributed by atoms with E-state index in [1.54, 1.807) is 24.3 Å². The highest BCUT2D eigenvalue weighted by Gasteiger charge is 1.86. The predicted molar refractivity (Wildman–Crippen MR) is 41.0 cm³/mol. The minimum Gasteiger partial charge on any atom is -0.388 e. The average Bonchev–Trinajstić information content (AvgIpc) is 1.82. The van der Waals surface area contributed by atoms with Crippen molar-refractivity contribution in [1.82, 2.24) is 0 Å². The molecule has 0 aliphatic heterocycles. The maximum absolute atomic E-state index is 6.92. The van der Waals surface area contributed by atoms with Crippen LogP contribution in [0.3, 0.4) is 0 Å². The van der Waals surface area contributed by atoms with E-state index in [4.69, 9.17) is 15.7 Å². The van der Waals surface area contributed by atoms with Crippen molar-refractivity contribution in [2.45, 2.75) is 0 Å². The molecule has 0 saturated heterocycles. The number of hydrogen-bond donors (Lipinski definition) is 1. The van der Waals surface area contributed by atoms with E-state index >= 15 is 0 Å². The summed E-state index contributed by atoms with van der Waals surface area (Å²) in [5, 5.41) is 2.86. The molecule has 48 valence electrons. The van der Waals surface area contributed by atoms with Gasteiger partial charge in [0.05, 0.1) is 0 Å². The van der Waals surface area contributed by atoms with Crippen LogP contribution in [0.25, 0.3) is 0 Å². The SMILES string of the molecule is [2H]C([2H])([2H])Nc1cccc(Cl)c1. The van der Waals surface area contributed by atoms with Crippen LogP contribution in [0.2, 0.25) is 5.02 Å². The number of benzene rings is 1. The van der Waals surface area contributed by atoms with Crippen molar-refractivity contribution < 1.29 is 4.11 Å². The highest BCUT2D eigenvalue weighted by Crippen LogP contribution is 2.13. The van der Waals surface area contributed by atoms with Crippen molar-refractivity contribution in [1.29, 1.82) is 0 Å². The normalized spacial score (nSPS) is 15.4. The second-order valence-corrected chi connectivity index (χ2v) is 2.07. The van der Waals surface area contributed by atoms with E-state index < -0.39 is 6.98 Å². The van der Waals surface area contributed by atoms with E-state index in [9.17, 15) is 0 Å². The Balaban J connectivity index is 2.77. The first-order chi connectivity index (χ1) is 5.47. The molecule has 0 fully saturated rings. The van der Waals surface area contributed by atoms with Crippen LogP contribution in [0.1, 0.15) is 4.11 Å². The van der Waals surface area contributed by atoms with Gasteiger partial charge in [-0.3, -0.25) is 0 Å². The molecule has 0 spiro atoms. The number of hydrogen-bond acceptors (Lipinski definition) is 1. The predicted octanol–water partition coefficient (Wildman–Crippen LogP) is 2.38. The molecule has 0 atom stereocenters. The van der Waals surface area contributed by atoms with Gasteiger partial charge in [0.1, 0.15) is 0 Å². The lowest BCUT2D eigenvalue weighted by molar-refractivity contribution is 1.51. The van der Waals surface area contributed by atoms with Crippen LogP contribution in [-0.4, -0.2) is 6.98 Å². The summed E-state index contributed by atoms with van der Waals surface area (Å²) in [4.78, 5) is 0. The minimum atomic E-state index is -2.16. The lowest BCUT2D eigenvalue weighted by Gasteiger charge is -1.97. The first-order valence-corrected chi connectivity index (χ1v) is 2.89. The highest BCUT2D eigenvalue weighted by atomic mass is 35.5. The number of nitrogens with one attached hydrogen (secondary N) is 1. The lowest BCUT2D eigenvalue weighted by Crippen LogP contribution is -1.85. The molecule has 0 heterocycles. The van der Waals surface area contributed by atoms with Crippen LogP contribution < -0.4 is 5.32 Å². The molecule has 1 aromatic rings. The third kappa shape index (κ3) is 1.61. The van der Waals surface area contributed by atoms with E-state index in [1.165, 1.54) is 0 Å². The van der Waals surface area contributed by atoms with Gasteiger partial charge in [-0.2, -0.15) is 0 Å². The maximum atomic E-state index is 6.92. The van der Waals surface area contributed by atoms with Crippen LogP contribution in [0.5, 0.6) is 0 Å². The van der Waals surface area contributed by atoms with Crippen molar-refractivity contribution in [3.05, 3.63) is 29.3 Å². The first-order valence-electron chi connectivity index (χ1n) is 4.01. The fourth-order valence-corrected chi connectivity index (χ4v) is 0.757. The Kier molecular flexibility index (Phi) is 1.06. The van der Waals surface area contributed by atoms with Gasteiger partial charge >= 0.3 is 0 Å². The zero-order valence-corrected chi connectivity index (χ0v) is 5.44. The summed E-state index contributed by atoms with van der Waals surface area (Å²) < 4.78 is 20.8. The molecule has 0 saturated carbocycles. The zero-order chi connectivity index (χ0) is 9.19. The van der Waals surface area contributed by atoms with E-state index in [0.29, 0.717) is 10.7 Å². The van der Waals surface area contributed by atoms with E-state index in [1.807, 2.05) is 0 Å². The number of anilines is 1. The zero-order valence-electron chi connectivity index (χ0n) is 7.69. The van der Waals surface area contributed by atoms with Crippen molar-refractivity contribution in [2.24, 2.45) is 0 Å². The van der Waals surface area contributed by atoms with Crippen LogP contribution in [-0.2, 0) is 0 Å². The average molecular weight is 145 g/mol. The topological polar surface area (TPSA) is 12.0 Å². The second-order valence-electron chi connectivity index (χ2n) is 1.64. The van der Waals surface area contributed by atoms with Gasteiger partial charge in [0.2, 0.25) is 0 Å². The van der Waals surface area contributed by atoms with Crippen LogP contribution >= 0.6 is 11.6 Å². The minimum absolute atomic E-state index is 0.502. The summed E-state index contributed by atoms with van der Waals surface area (Å²) in [5.41, 5.74) is 0.502. The quantitative estimate of drug-likeness (QED) is 0.638. The smallest absolute Gasteiger partial charge is 0.0453 e. The molecule has 0 aliphatic carbocycles. The standard InChI is InChI=1S/C7H8ClN/c1-9-7-4-2-3-6(8)5-7/h2-5,9H,1H3/i1D3. The molecule has 0 amide bonds. The monoisotopic (exact) mass is 144 g/mol. The Morgan fingerprint density at radius 1 is 1.67 bits per heavy atom. The summed E-state index contributed by atoms with van der Waals surface area (Å²) in [6.45, 7) is -2.16. The van der Waals surface area contributed by atoms with Gasteiger partial charge in [0, 0.05) is 21.8 Å². The van der Waals surface area contributed by atoms with E-state index in [2.05, 4.69) is 5.32 Å². The van der Waals surface area contributed by atoms with Gasteiger partial charge in [-0.1, -0.05) is 17.7 Å². The number of halogens is 1. The highest BCUT2D eigenvalue weighted by molar-refractivity contribution is 6.30. The van der Waals surface area contributed by atoms with Crippen LogP contribution in [0.4, 0.5) is 5.69 Å². The Hall–Kier alpha value is -0.690. The molecular weight excluding hydrogens is 134 g/mol. The Labute approximate surface area is 63.9 Å². The van der Waals surface area contributed by atoms with Crippen molar-refractivity contribution >= 4 is 17.3 Å². The molecule has 0 bridgehead atoms. The summed E-state index contributed by atoms with van der Waals surface area (Å²) in [5.74, 6) is 0. The largest absolute Gasteiger partial charge is 0.388 e. The van der Waals surface area contributed by atoms with E-state index in [-0.39, 0.29) is 0 Å². The van der Waals surface area contributed by atoms with Gasteiger partial charge in [-0.25, -0.2) is 0 Å². The third-order valence-electron chi connectivity index (χ3n) is 0.969. The number of rotatable bonds is 1. The molecule has 0 unspecified atom stereocenters. The van der Waals surface area contributed by atoms with Gasteiger partial charge in [0.25, 0.3) is 0 Å². The molecule has 0 aliphatic rings. The fourth-order valence-electron chi connectivity index (χ4n) is 0.566. The molecule has 0 aromatic heterocycles. The molecule has 1 rings (SSSR count). The summed E-state index contributed by atoms with van der Waals surface area (Å²) in [7, 11) is 0. The summed E-state index contributed by atoms with van der Waals surface area (Å²) in [6, 6.07) is 6.59. The second kappa shape index (κ2) is 2.74. The van der Waals surface area contributed by atoms with Gasteiger partial charge in [-0.05, 0) is 18.2 Å². The third-order valence-corrected chi connectivity index (χ3v) is 1.20. The molecule has 1 nitrogen and oxygen atoms in total. The lowest BCUT2D eigenvalue weighted by atomic mass is 10.3. The van der Waals surface area contributed by atoms with Crippen LogP contribution in [0.15, 0.2) is 24.3 Å². The van der Waals surface area contributed by atoms with E-state index in [0.717, 1.165) is 0 Å². The van der Waals surface area contributed by atoms with Crippen LogP contribution in [0, 0.1) is 0 Å². The first kappa shape index (κ1) is 3.47. The van der Waals surface area contributed by atoms with Gasteiger partial charge in [-0.15, -0.1) is 0 Å². The van der Waals surface area contributed by atoms with Crippen molar-refractivity contribution in [2.75, 3.05) is 12.3 Å². The maximum Gasteiger partial charge on any atom is 0.0453 e. The Morgan fingerprint density at radius 2 is 2.56 bits per heavy atom. The molecule has 1 aromatic carbocycles. The molecule has 9 heavy (non-hydrogen) atoms. The van der Waals surface area contributed by atoms with Crippen molar-refractivity contribution in [3.8, 4) is 0 Å². The Bertz CT molecular complexity index is 272. The Morgan fingerprint density at radius 3 is 3.22 bits per heavy atom. The van der Waals surface area contributed by atoms with Gasteiger partial charge in [0.15, 0.2) is 0 Å². The molecule has 2 heteroatoms. The summed E-state index contributed by atoms with van der Waals surface area (Å²) in [6.07, 6.45) is 0. The molecule has 0 radical (unpaired) electrons. The fraction of sp³-hybridized carbons (Fsp3) is 0.143. The van der Waals surface area contributed by atoms with Gasteiger partial charge < -0.3 is 5.32 Å². The summed E-state index contributed by atoms with van der Waals surface area (Å²) >= 11 is 5.65. The van der Waals surface area contributed by atoms with Crippen molar-refractivity contribution in [3.63, 3.8) is 0 Å². The molecule has 1 N–H and O–H groups in total.